The first-order valence-electron chi connectivity index (χ1n) is 9.33. The van der Waals surface area contributed by atoms with E-state index in [1.165, 1.54) is 10.9 Å². The van der Waals surface area contributed by atoms with Crippen molar-refractivity contribution in [2.45, 2.75) is 43.7 Å². The molecule has 0 bridgehead atoms. The third-order valence-corrected chi connectivity index (χ3v) is 5.64. The van der Waals surface area contributed by atoms with Gasteiger partial charge in [0, 0.05) is 24.7 Å². The molecule has 1 aliphatic rings. The molecule has 3 heterocycles. The molecule has 6 nitrogen and oxygen atoms in total. The summed E-state index contributed by atoms with van der Waals surface area (Å²) in [5.74, 6) is 0.996. The number of nitrogens with zero attached hydrogens (tertiary/aromatic N) is 5. The van der Waals surface area contributed by atoms with E-state index in [-0.39, 0.29) is 6.10 Å². The summed E-state index contributed by atoms with van der Waals surface area (Å²) in [7, 11) is 2.12. The predicted molar refractivity (Wildman–Crippen MR) is 108 cm³/mol. The van der Waals surface area contributed by atoms with Gasteiger partial charge in [0.1, 0.15) is 5.82 Å². The summed E-state index contributed by atoms with van der Waals surface area (Å²) in [4.78, 5) is 6.74. The molecular formula is C20H25N5OS. The molecule has 0 N–H and O–H groups in total. The van der Waals surface area contributed by atoms with E-state index in [4.69, 9.17) is 4.74 Å². The van der Waals surface area contributed by atoms with Gasteiger partial charge in [-0.3, -0.25) is 9.88 Å². The van der Waals surface area contributed by atoms with Gasteiger partial charge in [-0.05, 0) is 43.8 Å². The topological polar surface area (TPSA) is 56.1 Å². The Hall–Kier alpha value is -1.96. The summed E-state index contributed by atoms with van der Waals surface area (Å²) >= 11 is 1.64. The molecule has 1 atom stereocenters. The summed E-state index contributed by atoms with van der Waals surface area (Å²) in [6.45, 7) is 3.29. The summed E-state index contributed by atoms with van der Waals surface area (Å²) in [6.07, 6.45) is 6.47. The highest BCUT2D eigenvalue weighted by atomic mass is 32.2. The van der Waals surface area contributed by atoms with Gasteiger partial charge < -0.3 is 9.30 Å². The smallest absolute Gasteiger partial charge is 0.191 e. The average molecular weight is 384 g/mol. The highest BCUT2D eigenvalue weighted by molar-refractivity contribution is 7.98. The molecule has 0 aliphatic carbocycles. The van der Waals surface area contributed by atoms with Crippen LogP contribution in [0.15, 0.2) is 41.7 Å². The lowest BCUT2D eigenvalue weighted by molar-refractivity contribution is 0.0934. The maximum absolute atomic E-state index is 5.82. The number of pyridine rings is 1. The van der Waals surface area contributed by atoms with Crippen LogP contribution < -0.4 is 0 Å². The van der Waals surface area contributed by atoms with E-state index in [2.05, 4.69) is 56.0 Å². The third-order valence-electron chi connectivity index (χ3n) is 4.98. The van der Waals surface area contributed by atoms with Gasteiger partial charge in [-0.25, -0.2) is 0 Å². The van der Waals surface area contributed by atoms with Crippen molar-refractivity contribution in [3.63, 3.8) is 0 Å². The van der Waals surface area contributed by atoms with Crippen LogP contribution in [0.3, 0.4) is 0 Å². The fraction of sp³-hybridized carbons (Fsp3) is 0.450. The molecule has 142 valence electrons. The molecule has 2 aromatic heterocycles. The number of hydrogen-bond acceptors (Lipinski definition) is 6. The van der Waals surface area contributed by atoms with E-state index in [0.29, 0.717) is 0 Å². The fourth-order valence-corrected chi connectivity index (χ4v) is 4.17. The van der Waals surface area contributed by atoms with E-state index in [0.717, 1.165) is 55.6 Å². The van der Waals surface area contributed by atoms with Gasteiger partial charge in [0.25, 0.3) is 0 Å². The Balaban J connectivity index is 1.50. The molecule has 0 radical (unpaired) electrons. The number of benzene rings is 1. The molecule has 1 aromatic carbocycles. The summed E-state index contributed by atoms with van der Waals surface area (Å²) in [5, 5.41) is 11.0. The van der Waals surface area contributed by atoms with Crippen LogP contribution in [-0.2, 0) is 24.4 Å². The number of hydrogen-bond donors (Lipinski definition) is 0. The lowest BCUT2D eigenvalue weighted by Gasteiger charge is -2.19. The van der Waals surface area contributed by atoms with Gasteiger partial charge in [-0.2, -0.15) is 0 Å². The van der Waals surface area contributed by atoms with Crippen LogP contribution in [0.25, 0.3) is 10.9 Å². The number of para-hydroxylation sites is 1. The quantitative estimate of drug-likeness (QED) is 0.583. The minimum Gasteiger partial charge on any atom is -0.376 e. The second kappa shape index (κ2) is 8.37. The molecule has 27 heavy (non-hydrogen) atoms. The van der Waals surface area contributed by atoms with Crippen molar-refractivity contribution < 1.29 is 4.74 Å². The normalized spacial score (nSPS) is 17.2. The molecule has 0 amide bonds. The molecule has 0 saturated carbocycles. The first-order chi connectivity index (χ1) is 13.2. The molecule has 4 rings (SSSR count). The van der Waals surface area contributed by atoms with Gasteiger partial charge in [0.05, 0.1) is 24.7 Å². The molecule has 1 aliphatic heterocycles. The number of fused-ring (bicyclic) bond motifs is 1. The van der Waals surface area contributed by atoms with Crippen molar-refractivity contribution >= 4 is 22.7 Å². The molecule has 3 aromatic rings. The van der Waals surface area contributed by atoms with Gasteiger partial charge in [-0.15, -0.1) is 10.2 Å². The molecule has 0 spiro atoms. The standard InChI is InChI=1S/C20H25N5OS/c1-24(12-15-9-10-21-18-8-4-3-7-17(15)18)14-19-22-23-20(27-2)25(19)13-16-6-5-11-26-16/h3-4,7-10,16H,5-6,11-14H2,1-2H3. The van der Waals surface area contributed by atoms with Gasteiger partial charge in [-0.1, -0.05) is 30.0 Å². The number of aromatic nitrogens is 4. The maximum atomic E-state index is 5.82. The largest absolute Gasteiger partial charge is 0.376 e. The molecule has 7 heteroatoms. The summed E-state index contributed by atoms with van der Waals surface area (Å²) < 4.78 is 8.05. The van der Waals surface area contributed by atoms with Crippen LogP contribution in [0.1, 0.15) is 24.2 Å². The molecular weight excluding hydrogens is 358 g/mol. The number of ether oxygens (including phenoxy) is 1. The highest BCUT2D eigenvalue weighted by Crippen LogP contribution is 2.22. The fourth-order valence-electron chi connectivity index (χ4n) is 3.64. The Morgan fingerprint density at radius 2 is 2.11 bits per heavy atom. The summed E-state index contributed by atoms with van der Waals surface area (Å²) in [6, 6.07) is 10.4. The Kier molecular flexibility index (Phi) is 5.71. The van der Waals surface area contributed by atoms with Crippen LogP contribution >= 0.6 is 11.8 Å². The van der Waals surface area contributed by atoms with Crippen molar-refractivity contribution in [2.24, 2.45) is 0 Å². The van der Waals surface area contributed by atoms with Crippen LogP contribution in [0.4, 0.5) is 0 Å². The number of rotatable bonds is 7. The highest BCUT2D eigenvalue weighted by Gasteiger charge is 2.21. The lowest BCUT2D eigenvalue weighted by atomic mass is 10.1. The Morgan fingerprint density at radius 3 is 2.93 bits per heavy atom. The van der Waals surface area contributed by atoms with E-state index in [9.17, 15) is 0 Å². The summed E-state index contributed by atoms with van der Waals surface area (Å²) in [5.41, 5.74) is 2.31. The van der Waals surface area contributed by atoms with Crippen LogP contribution in [0.2, 0.25) is 0 Å². The van der Waals surface area contributed by atoms with Crippen molar-refractivity contribution in [1.82, 2.24) is 24.6 Å². The Morgan fingerprint density at radius 1 is 1.22 bits per heavy atom. The second-order valence-electron chi connectivity index (χ2n) is 7.01. The van der Waals surface area contributed by atoms with Crippen LogP contribution in [0.5, 0.6) is 0 Å². The van der Waals surface area contributed by atoms with E-state index >= 15 is 0 Å². The second-order valence-corrected chi connectivity index (χ2v) is 7.78. The minimum absolute atomic E-state index is 0.278. The number of thioether (sulfide) groups is 1. The van der Waals surface area contributed by atoms with Gasteiger partial charge >= 0.3 is 0 Å². The van der Waals surface area contributed by atoms with Crippen molar-refractivity contribution in [2.75, 3.05) is 19.9 Å². The predicted octanol–water partition coefficient (Wildman–Crippen LogP) is 3.36. The van der Waals surface area contributed by atoms with Crippen molar-refractivity contribution in [3.05, 3.63) is 47.9 Å². The Labute approximate surface area is 163 Å². The average Bonchev–Trinajstić information content (AvgIpc) is 3.33. The third kappa shape index (κ3) is 4.15. The molecule has 1 saturated heterocycles. The zero-order valence-electron chi connectivity index (χ0n) is 15.8. The first kappa shape index (κ1) is 18.4. The van der Waals surface area contributed by atoms with E-state index < -0.39 is 0 Å². The lowest BCUT2D eigenvalue weighted by Crippen LogP contribution is -2.23. The molecule has 1 unspecified atom stereocenters. The monoisotopic (exact) mass is 383 g/mol. The SMILES string of the molecule is CSc1nnc(CN(C)Cc2ccnc3ccccc23)n1CC1CCCO1. The van der Waals surface area contributed by atoms with Crippen molar-refractivity contribution in [3.8, 4) is 0 Å². The van der Waals surface area contributed by atoms with Gasteiger partial charge in [0.2, 0.25) is 0 Å². The minimum atomic E-state index is 0.278. The van der Waals surface area contributed by atoms with E-state index in [1.54, 1.807) is 11.8 Å². The molecule has 1 fully saturated rings. The van der Waals surface area contributed by atoms with Crippen LogP contribution in [0, 0.1) is 0 Å². The Bertz CT molecular complexity index is 901. The maximum Gasteiger partial charge on any atom is 0.191 e. The van der Waals surface area contributed by atoms with E-state index in [1.807, 2.05) is 18.5 Å². The first-order valence-corrected chi connectivity index (χ1v) is 10.6. The van der Waals surface area contributed by atoms with Crippen molar-refractivity contribution in [1.29, 1.82) is 0 Å². The van der Waals surface area contributed by atoms with Crippen LogP contribution in [-0.4, -0.2) is 50.7 Å². The zero-order valence-corrected chi connectivity index (χ0v) is 16.7. The van der Waals surface area contributed by atoms with Gasteiger partial charge in [0.15, 0.2) is 5.16 Å². The zero-order chi connectivity index (χ0) is 18.6.